The fourth-order valence-corrected chi connectivity index (χ4v) is 5.26. The van der Waals surface area contributed by atoms with E-state index in [2.05, 4.69) is 5.32 Å². The smallest absolute Gasteiger partial charge is 0.352 e. The fraction of sp³-hybridized carbons (Fsp3) is 0.538. The summed E-state index contributed by atoms with van der Waals surface area (Å²) in [5.41, 5.74) is 0.527. The number of carbonyl (C=O) groups excluding carboxylic acids is 2. The predicted octanol–water partition coefficient (Wildman–Crippen LogP) is -0.975. The number of thioether (sulfide) groups is 2. The van der Waals surface area contributed by atoms with Crippen molar-refractivity contribution in [1.82, 2.24) is 10.2 Å². The lowest BCUT2D eigenvalue weighted by molar-refractivity contribution is -0.150. The third-order valence-corrected chi connectivity index (χ3v) is 6.80. The third-order valence-electron chi connectivity index (χ3n) is 3.65. The minimum atomic E-state index is -3.94. The van der Waals surface area contributed by atoms with Gasteiger partial charge in [-0.25, -0.2) is 13.2 Å². The minimum Gasteiger partial charge on any atom is -0.477 e. The van der Waals surface area contributed by atoms with Crippen molar-refractivity contribution in [1.29, 1.82) is 5.26 Å². The lowest BCUT2D eigenvalue weighted by atomic mass is 10.0. The minimum absolute atomic E-state index is 0.0893. The molecule has 0 bridgehead atoms. The molecule has 1 saturated heterocycles. The van der Waals surface area contributed by atoms with Crippen LogP contribution in [0.2, 0.25) is 0 Å². The summed E-state index contributed by atoms with van der Waals surface area (Å²) in [5.74, 6) is -2.09. The van der Waals surface area contributed by atoms with E-state index in [0.29, 0.717) is 17.1 Å². The normalized spacial score (nSPS) is 24.0. The van der Waals surface area contributed by atoms with E-state index in [4.69, 9.17) is 5.26 Å². The van der Waals surface area contributed by atoms with Crippen LogP contribution < -0.4 is 5.32 Å². The Kier molecular flexibility index (Phi) is 5.70. The molecule has 3 atom stereocenters. The van der Waals surface area contributed by atoms with Gasteiger partial charge in [0, 0.05) is 17.8 Å². The van der Waals surface area contributed by atoms with Crippen LogP contribution in [-0.2, 0) is 24.2 Å². The van der Waals surface area contributed by atoms with E-state index in [1.165, 1.54) is 29.6 Å². The number of nitrogens with one attached hydrogen (secondary N) is 1. The summed E-state index contributed by atoms with van der Waals surface area (Å²) in [5, 5.41) is 18.0. The molecule has 2 amide bonds. The molecule has 2 heterocycles. The van der Waals surface area contributed by atoms with Gasteiger partial charge < -0.3 is 10.4 Å². The molecular formula is C13H15N3O6S3. The van der Waals surface area contributed by atoms with Gasteiger partial charge in [0.05, 0.1) is 6.07 Å². The number of hydrogen-bond acceptors (Lipinski definition) is 8. The summed E-state index contributed by atoms with van der Waals surface area (Å²) >= 11 is 2.72. The van der Waals surface area contributed by atoms with Crippen LogP contribution in [-0.4, -0.2) is 76.9 Å². The highest BCUT2D eigenvalue weighted by molar-refractivity contribution is 8.00. The number of hydrogen-bond donors (Lipinski definition) is 2. The molecule has 2 unspecified atom stereocenters. The molecule has 2 aliphatic heterocycles. The van der Waals surface area contributed by atoms with Crippen LogP contribution in [0.4, 0.5) is 0 Å². The second-order valence-corrected chi connectivity index (χ2v) is 9.53. The number of carboxylic acids is 1. The molecule has 2 N–H and O–H groups in total. The fourth-order valence-electron chi connectivity index (χ4n) is 2.55. The molecule has 0 saturated carbocycles. The van der Waals surface area contributed by atoms with Crippen LogP contribution in [0.15, 0.2) is 11.3 Å². The molecule has 25 heavy (non-hydrogen) atoms. The van der Waals surface area contributed by atoms with E-state index in [1.807, 2.05) is 6.26 Å². The van der Waals surface area contributed by atoms with Gasteiger partial charge >= 0.3 is 5.97 Å². The lowest BCUT2D eigenvalue weighted by Crippen LogP contribution is -2.71. The number of rotatable bonds is 6. The number of carboxylic acid groups (broad SMARTS) is 1. The average molecular weight is 405 g/mol. The number of carbonyl (C=O) groups is 3. The zero-order valence-electron chi connectivity index (χ0n) is 13.3. The second kappa shape index (κ2) is 7.27. The highest BCUT2D eigenvalue weighted by Crippen LogP contribution is 2.40. The molecule has 0 spiro atoms. The van der Waals surface area contributed by atoms with Crippen LogP contribution in [0, 0.1) is 11.3 Å². The first kappa shape index (κ1) is 19.6. The molecule has 1 fully saturated rings. The molecule has 0 aliphatic carbocycles. The van der Waals surface area contributed by atoms with Crippen molar-refractivity contribution in [2.75, 3.05) is 24.0 Å². The third kappa shape index (κ3) is 3.63. The van der Waals surface area contributed by atoms with Gasteiger partial charge in [0.25, 0.3) is 11.8 Å². The quantitative estimate of drug-likeness (QED) is 0.533. The van der Waals surface area contributed by atoms with Crippen molar-refractivity contribution in [3.05, 3.63) is 11.3 Å². The first-order chi connectivity index (χ1) is 11.6. The number of β-lactam (4-membered cyclic amide) rings is 1. The number of fused-ring (bicyclic) bond motifs is 1. The van der Waals surface area contributed by atoms with Gasteiger partial charge in [0.15, 0.2) is 9.84 Å². The summed E-state index contributed by atoms with van der Waals surface area (Å²) in [6.45, 7) is 0. The second-order valence-electron chi connectivity index (χ2n) is 5.43. The Hall–Kier alpha value is -1.71. The van der Waals surface area contributed by atoms with E-state index in [0.717, 1.165) is 11.2 Å². The maximum absolute atomic E-state index is 12.3. The Morgan fingerprint density at radius 2 is 2.20 bits per heavy atom. The van der Waals surface area contributed by atoms with E-state index in [1.54, 1.807) is 0 Å². The van der Waals surface area contributed by atoms with Crippen molar-refractivity contribution in [3.63, 3.8) is 0 Å². The Bertz CT molecular complexity index is 800. The number of aliphatic carboxylic acids is 1. The zero-order chi connectivity index (χ0) is 18.9. The Labute approximate surface area is 152 Å². The number of sulfone groups is 1. The van der Waals surface area contributed by atoms with Crippen molar-refractivity contribution in [2.45, 2.75) is 16.7 Å². The summed E-state index contributed by atoms with van der Waals surface area (Å²) < 4.78 is 22.9. The van der Waals surface area contributed by atoms with Gasteiger partial charge in [-0.15, -0.1) is 11.8 Å². The van der Waals surface area contributed by atoms with Crippen molar-refractivity contribution >= 4 is 51.1 Å². The molecule has 0 aromatic heterocycles. The molecule has 136 valence electrons. The maximum Gasteiger partial charge on any atom is 0.352 e. The Balaban J connectivity index is 2.20. The van der Waals surface area contributed by atoms with Gasteiger partial charge in [-0.3, -0.25) is 14.5 Å². The maximum atomic E-state index is 12.3. The molecular weight excluding hydrogens is 390 g/mol. The first-order valence-electron chi connectivity index (χ1n) is 6.91. The van der Waals surface area contributed by atoms with E-state index in [-0.39, 0.29) is 5.70 Å². The van der Waals surface area contributed by atoms with E-state index < -0.39 is 44.3 Å². The summed E-state index contributed by atoms with van der Waals surface area (Å²) in [7, 11) is -3.94. The lowest BCUT2D eigenvalue weighted by Gasteiger charge is -2.49. The molecule has 2 rings (SSSR count). The molecule has 0 aromatic rings. The highest BCUT2D eigenvalue weighted by Gasteiger charge is 2.54. The summed E-state index contributed by atoms with van der Waals surface area (Å²) in [4.78, 5) is 36.9. The Morgan fingerprint density at radius 3 is 2.68 bits per heavy atom. The zero-order valence-corrected chi connectivity index (χ0v) is 15.7. The van der Waals surface area contributed by atoms with E-state index >= 15 is 0 Å². The molecule has 12 heteroatoms. The molecule has 9 nitrogen and oxygen atoms in total. The Morgan fingerprint density at radius 1 is 1.56 bits per heavy atom. The first-order valence-corrected chi connectivity index (χ1v) is 11.3. The van der Waals surface area contributed by atoms with Crippen molar-refractivity contribution in [3.8, 4) is 6.07 Å². The van der Waals surface area contributed by atoms with Crippen LogP contribution >= 0.6 is 23.5 Å². The largest absolute Gasteiger partial charge is 0.477 e. The van der Waals surface area contributed by atoms with Gasteiger partial charge in [-0.2, -0.15) is 17.0 Å². The van der Waals surface area contributed by atoms with Gasteiger partial charge in [-0.05, 0) is 11.8 Å². The van der Waals surface area contributed by atoms with Crippen LogP contribution in [0.3, 0.4) is 0 Å². The van der Waals surface area contributed by atoms with Crippen molar-refractivity contribution in [2.24, 2.45) is 0 Å². The topological polar surface area (TPSA) is 145 Å². The number of amides is 2. The molecule has 2 aliphatic rings. The summed E-state index contributed by atoms with van der Waals surface area (Å²) in [6.07, 6.45) is 2.57. The predicted molar refractivity (Wildman–Crippen MR) is 92.3 cm³/mol. The highest BCUT2D eigenvalue weighted by atomic mass is 32.2. The summed E-state index contributed by atoms with van der Waals surface area (Å²) in [6, 6.07) is 0.340. The van der Waals surface area contributed by atoms with E-state index in [9.17, 15) is 27.9 Å². The van der Waals surface area contributed by atoms with Crippen LogP contribution in [0.5, 0.6) is 0 Å². The van der Waals surface area contributed by atoms with Gasteiger partial charge in [0.2, 0.25) is 5.25 Å². The van der Waals surface area contributed by atoms with Crippen LogP contribution in [0.1, 0.15) is 0 Å². The van der Waals surface area contributed by atoms with Crippen LogP contribution in [0.25, 0.3) is 0 Å². The molecule has 0 radical (unpaired) electrons. The molecule has 0 aromatic carbocycles. The van der Waals surface area contributed by atoms with Crippen molar-refractivity contribution < 1.29 is 27.9 Å². The standard InChI is InChI=1S/C13H15N3O6S3/c1-23-4-6-5-24-12-8(11(18)16(12)9(6)13(19)20)15-10(17)7(3-14)25(2,21)22/h7-8,12H,4-5H2,1-2H3,(H,15,17)(H,19,20)/t7?,8?,12-/m0/s1. The average Bonchev–Trinajstić information content (AvgIpc) is 2.51. The monoisotopic (exact) mass is 405 g/mol. The SMILES string of the molecule is CSCC1=C(C(=O)O)N2C(=O)C(NC(=O)C(C#N)S(C)(=O)=O)[C@@H]2SC1. The van der Waals surface area contributed by atoms with Gasteiger partial charge in [0.1, 0.15) is 17.1 Å². The number of nitrogens with zero attached hydrogens (tertiary/aromatic N) is 2. The van der Waals surface area contributed by atoms with Gasteiger partial charge in [-0.1, -0.05) is 0 Å². The number of nitriles is 1.